The Kier molecular flexibility index (Phi) is 5.19. The van der Waals surface area contributed by atoms with Crippen LogP contribution in [0.4, 0.5) is 11.8 Å². The summed E-state index contributed by atoms with van der Waals surface area (Å²) in [5.41, 5.74) is 2.04. The molecule has 3 saturated carbocycles. The second kappa shape index (κ2) is 8.45. The van der Waals surface area contributed by atoms with Crippen molar-refractivity contribution in [2.75, 3.05) is 10.6 Å². The monoisotopic (exact) mass is 545 g/mol. The average molecular weight is 546 g/mol. The first-order valence-electron chi connectivity index (χ1n) is 13.8. The molecule has 3 unspecified atom stereocenters. The summed E-state index contributed by atoms with van der Waals surface area (Å²) in [6, 6.07) is 12.5. The molecule has 0 amide bonds. The van der Waals surface area contributed by atoms with Gasteiger partial charge in [-0.05, 0) is 68.5 Å². The second-order valence-corrected chi connectivity index (χ2v) is 13.3. The molecule has 1 aromatic carbocycles. The molecule has 38 heavy (non-hydrogen) atoms. The molecule has 4 aliphatic rings. The SMILES string of the molecule is Cc1nc(NCc2cccs2)nc(NC23CCC4CC42OC2(CCCCC2)O3)c1-c1nc2ccccc2s1. The Balaban J connectivity index is 1.21. The summed E-state index contributed by atoms with van der Waals surface area (Å²) in [6.07, 6.45) is 8.66. The van der Waals surface area contributed by atoms with Crippen LogP contribution < -0.4 is 10.6 Å². The molecule has 3 aromatic heterocycles. The maximum atomic E-state index is 7.07. The molecule has 2 spiro atoms. The van der Waals surface area contributed by atoms with Crippen molar-refractivity contribution >= 4 is 44.7 Å². The number of thiazole rings is 1. The predicted molar refractivity (Wildman–Crippen MR) is 151 cm³/mol. The van der Waals surface area contributed by atoms with Gasteiger partial charge in [0.05, 0.1) is 28.0 Å². The van der Waals surface area contributed by atoms with Gasteiger partial charge < -0.3 is 20.1 Å². The van der Waals surface area contributed by atoms with Crippen molar-refractivity contribution < 1.29 is 9.47 Å². The van der Waals surface area contributed by atoms with Crippen LogP contribution in [0.3, 0.4) is 0 Å². The predicted octanol–water partition coefficient (Wildman–Crippen LogP) is 7.10. The molecule has 4 heterocycles. The van der Waals surface area contributed by atoms with Crippen LogP contribution in [0.15, 0.2) is 41.8 Å². The number of aryl methyl sites for hydroxylation is 1. The first-order chi connectivity index (χ1) is 18.6. The van der Waals surface area contributed by atoms with Gasteiger partial charge in [0.15, 0.2) is 11.5 Å². The Morgan fingerprint density at radius 2 is 1.89 bits per heavy atom. The van der Waals surface area contributed by atoms with Crippen molar-refractivity contribution in [3.63, 3.8) is 0 Å². The molecular weight excluding hydrogens is 514 g/mol. The molecule has 9 heteroatoms. The van der Waals surface area contributed by atoms with Crippen LogP contribution in [0.1, 0.15) is 61.9 Å². The first kappa shape index (κ1) is 23.3. The highest BCUT2D eigenvalue weighted by molar-refractivity contribution is 7.21. The fraction of sp³-hybridized carbons (Fsp3) is 0.483. The molecule has 0 radical (unpaired) electrons. The van der Waals surface area contributed by atoms with Gasteiger partial charge in [0.25, 0.3) is 0 Å². The van der Waals surface area contributed by atoms with E-state index >= 15 is 0 Å². The number of nitrogens with one attached hydrogen (secondary N) is 2. The van der Waals surface area contributed by atoms with Crippen molar-refractivity contribution in [1.29, 1.82) is 0 Å². The molecule has 3 aliphatic carbocycles. The highest BCUT2D eigenvalue weighted by atomic mass is 32.1. The summed E-state index contributed by atoms with van der Waals surface area (Å²) in [6.45, 7) is 2.75. The molecule has 0 bridgehead atoms. The normalized spacial score (nSPS) is 28.9. The zero-order chi connectivity index (χ0) is 25.4. The number of rotatable bonds is 6. The number of hydrogen-bond donors (Lipinski definition) is 2. The van der Waals surface area contributed by atoms with E-state index in [0.29, 0.717) is 18.4 Å². The Labute approximate surface area is 230 Å². The number of ether oxygens (including phenoxy) is 2. The third-order valence-electron chi connectivity index (χ3n) is 8.84. The lowest BCUT2D eigenvalue weighted by Gasteiger charge is -2.36. The van der Waals surface area contributed by atoms with Crippen LogP contribution in [0.25, 0.3) is 20.8 Å². The first-order valence-corrected chi connectivity index (χ1v) is 15.5. The van der Waals surface area contributed by atoms with E-state index < -0.39 is 11.5 Å². The Morgan fingerprint density at radius 1 is 1.00 bits per heavy atom. The minimum Gasteiger partial charge on any atom is -0.349 e. The van der Waals surface area contributed by atoms with E-state index in [0.717, 1.165) is 77.2 Å². The van der Waals surface area contributed by atoms with Gasteiger partial charge in [0, 0.05) is 17.7 Å². The molecule has 1 saturated heterocycles. The van der Waals surface area contributed by atoms with E-state index in [1.165, 1.54) is 11.3 Å². The second-order valence-electron chi connectivity index (χ2n) is 11.2. The fourth-order valence-electron chi connectivity index (χ4n) is 6.98. The molecule has 196 valence electrons. The lowest BCUT2D eigenvalue weighted by molar-refractivity contribution is -0.209. The summed E-state index contributed by atoms with van der Waals surface area (Å²) in [5, 5.41) is 10.4. The fourth-order valence-corrected chi connectivity index (χ4v) is 8.69. The smallest absolute Gasteiger partial charge is 0.225 e. The maximum Gasteiger partial charge on any atom is 0.225 e. The molecule has 2 N–H and O–H groups in total. The van der Waals surface area contributed by atoms with Crippen LogP contribution in [-0.4, -0.2) is 32.1 Å². The maximum absolute atomic E-state index is 7.07. The number of nitrogens with zero attached hydrogens (tertiary/aromatic N) is 3. The number of aromatic nitrogens is 3. The third kappa shape index (κ3) is 3.55. The highest BCUT2D eigenvalue weighted by Gasteiger charge is 2.80. The Bertz CT molecular complexity index is 1480. The lowest BCUT2D eigenvalue weighted by Crippen LogP contribution is -2.48. The zero-order valence-electron chi connectivity index (χ0n) is 21.5. The molecule has 4 fully saturated rings. The molecule has 8 rings (SSSR count). The highest BCUT2D eigenvalue weighted by Crippen LogP contribution is 2.71. The van der Waals surface area contributed by atoms with Crippen molar-refractivity contribution in [1.82, 2.24) is 15.0 Å². The standard InChI is InChI=1S/C29H31N5O2S2/c1-18-23(25-32-21-9-3-4-10-22(21)38-25)24(33-26(31-18)30-17-20-8-7-15-37-20)34-29-14-11-19-16-28(19,29)35-27(36-29)12-5-2-6-13-27/h3-4,7-10,15,19H,2,5-6,11-14,16-17H2,1H3,(H2,30,31,33,34). The summed E-state index contributed by atoms with van der Waals surface area (Å²) in [5.74, 6) is 1.50. The number of anilines is 2. The van der Waals surface area contributed by atoms with E-state index in [9.17, 15) is 0 Å². The zero-order valence-corrected chi connectivity index (χ0v) is 23.1. The van der Waals surface area contributed by atoms with Crippen LogP contribution in [-0.2, 0) is 16.0 Å². The minimum atomic E-state index is -0.563. The molecule has 7 nitrogen and oxygen atoms in total. The third-order valence-corrected chi connectivity index (χ3v) is 10.8. The Morgan fingerprint density at radius 3 is 2.71 bits per heavy atom. The van der Waals surface area contributed by atoms with Gasteiger partial charge in [0.1, 0.15) is 16.4 Å². The summed E-state index contributed by atoms with van der Waals surface area (Å²) in [7, 11) is 0. The molecule has 1 aliphatic heterocycles. The van der Waals surface area contributed by atoms with Gasteiger partial charge >= 0.3 is 0 Å². The minimum absolute atomic E-state index is 0.251. The molecular formula is C29H31N5O2S2. The van der Waals surface area contributed by atoms with Crippen LogP contribution in [0.5, 0.6) is 0 Å². The summed E-state index contributed by atoms with van der Waals surface area (Å²) >= 11 is 3.42. The lowest BCUT2D eigenvalue weighted by atomic mass is 9.94. The van der Waals surface area contributed by atoms with Gasteiger partial charge in [-0.25, -0.2) is 9.97 Å². The van der Waals surface area contributed by atoms with Crippen LogP contribution in [0.2, 0.25) is 0 Å². The Hall–Kier alpha value is -2.59. The van der Waals surface area contributed by atoms with Gasteiger partial charge in [-0.2, -0.15) is 4.98 Å². The van der Waals surface area contributed by atoms with Gasteiger partial charge in [-0.1, -0.05) is 24.6 Å². The van der Waals surface area contributed by atoms with E-state index in [1.807, 2.05) is 6.07 Å². The van der Waals surface area contributed by atoms with Gasteiger partial charge in [-0.15, -0.1) is 22.7 Å². The number of benzene rings is 1. The number of hydrogen-bond acceptors (Lipinski definition) is 9. The number of para-hydroxylation sites is 1. The average Bonchev–Trinajstić information content (AvgIpc) is 3.32. The summed E-state index contributed by atoms with van der Waals surface area (Å²) in [4.78, 5) is 16.2. The van der Waals surface area contributed by atoms with Crippen molar-refractivity contribution in [3.05, 3.63) is 52.3 Å². The van der Waals surface area contributed by atoms with Crippen molar-refractivity contribution in [3.8, 4) is 10.6 Å². The number of thiophene rings is 1. The quantitative estimate of drug-likeness (QED) is 0.267. The van der Waals surface area contributed by atoms with E-state index in [4.69, 9.17) is 24.4 Å². The number of fused-ring (bicyclic) bond motifs is 1. The molecule has 3 atom stereocenters. The largest absolute Gasteiger partial charge is 0.349 e. The van der Waals surface area contributed by atoms with Crippen LogP contribution in [0, 0.1) is 12.8 Å². The van der Waals surface area contributed by atoms with Crippen LogP contribution >= 0.6 is 22.7 Å². The van der Waals surface area contributed by atoms with E-state index in [2.05, 4.69) is 53.3 Å². The van der Waals surface area contributed by atoms with Gasteiger partial charge in [0.2, 0.25) is 5.95 Å². The van der Waals surface area contributed by atoms with Gasteiger partial charge in [-0.3, -0.25) is 0 Å². The van der Waals surface area contributed by atoms with E-state index in [-0.39, 0.29) is 5.60 Å². The van der Waals surface area contributed by atoms with Crippen molar-refractivity contribution in [2.45, 2.75) is 81.9 Å². The summed E-state index contributed by atoms with van der Waals surface area (Å²) < 4.78 is 15.2. The van der Waals surface area contributed by atoms with E-state index in [1.54, 1.807) is 22.7 Å². The topological polar surface area (TPSA) is 81.2 Å². The van der Waals surface area contributed by atoms with Crippen molar-refractivity contribution in [2.24, 2.45) is 5.92 Å². The molecule has 4 aromatic rings.